The number of likely N-dealkylation sites (tertiary alicyclic amines) is 1. The normalized spacial score (nSPS) is 16.3. The third-order valence-electron chi connectivity index (χ3n) is 8.42. The van der Waals surface area contributed by atoms with E-state index in [9.17, 15) is 18.8 Å². The maximum absolute atomic E-state index is 14.2. The van der Waals surface area contributed by atoms with E-state index >= 15 is 0 Å². The molecule has 4 aromatic rings. The molecule has 0 saturated carbocycles. The van der Waals surface area contributed by atoms with Gasteiger partial charge < -0.3 is 19.9 Å². The van der Waals surface area contributed by atoms with Crippen LogP contribution in [0, 0.1) is 28.9 Å². The lowest BCUT2D eigenvalue weighted by molar-refractivity contribution is 0.0674. The second kappa shape index (κ2) is 13.8. The Morgan fingerprint density at radius 2 is 1.84 bits per heavy atom. The Morgan fingerprint density at radius 1 is 1.07 bits per heavy atom. The van der Waals surface area contributed by atoms with Gasteiger partial charge in [0.2, 0.25) is 5.95 Å². The van der Waals surface area contributed by atoms with E-state index in [-0.39, 0.29) is 23.9 Å². The Labute approximate surface area is 260 Å². The number of hydrogen-bond donors (Lipinski definition) is 1. The molecule has 1 atom stereocenters. The molecule has 0 bridgehead atoms. The summed E-state index contributed by atoms with van der Waals surface area (Å²) in [6, 6.07) is 15.1. The number of carbonyl (C=O) groups is 1. The zero-order valence-electron chi connectivity index (χ0n) is 24.8. The van der Waals surface area contributed by atoms with Gasteiger partial charge in [0, 0.05) is 61.6 Å². The van der Waals surface area contributed by atoms with Crippen molar-refractivity contribution in [3.63, 3.8) is 0 Å². The number of carbonyl (C=O) groups excluding carboxylic acids is 1. The van der Waals surface area contributed by atoms with Gasteiger partial charge in [0.15, 0.2) is 0 Å². The highest BCUT2D eigenvalue weighted by molar-refractivity contribution is 5.94. The van der Waals surface area contributed by atoms with E-state index in [4.69, 9.17) is 9.72 Å². The molecule has 1 N–H and O–H groups in total. The topological polar surface area (TPSA) is 112 Å². The molecule has 6 rings (SSSR count). The summed E-state index contributed by atoms with van der Waals surface area (Å²) in [6.45, 7) is 4.16. The van der Waals surface area contributed by atoms with Crippen LogP contribution in [-0.2, 0) is 4.74 Å². The molecular formula is C33H34F2N8O2. The van der Waals surface area contributed by atoms with Gasteiger partial charge in [0.05, 0.1) is 49.2 Å². The highest BCUT2D eigenvalue weighted by atomic mass is 19.1. The Hall–Kier alpha value is -4.89. The molecule has 4 heterocycles. The van der Waals surface area contributed by atoms with Crippen LogP contribution < -0.4 is 10.2 Å². The van der Waals surface area contributed by atoms with Crippen molar-refractivity contribution in [2.75, 3.05) is 49.6 Å². The summed E-state index contributed by atoms with van der Waals surface area (Å²) in [7, 11) is 0. The number of aromatic nitrogens is 4. The molecule has 1 unspecified atom stereocenters. The number of anilines is 3. The number of halogens is 2. The molecule has 0 aliphatic carbocycles. The van der Waals surface area contributed by atoms with E-state index in [1.807, 2.05) is 29.1 Å². The Balaban J connectivity index is 1.07. The first-order chi connectivity index (χ1) is 22.0. The molecule has 1 amide bonds. The Kier molecular flexibility index (Phi) is 9.26. The fraction of sp³-hybridized carbons (Fsp3) is 0.364. The molecule has 10 nitrogen and oxygen atoms in total. The lowest BCUT2D eigenvalue weighted by Gasteiger charge is -2.33. The predicted octanol–water partition coefficient (Wildman–Crippen LogP) is 5.60. The van der Waals surface area contributed by atoms with E-state index in [1.165, 1.54) is 6.07 Å². The second-order valence-corrected chi connectivity index (χ2v) is 11.4. The quantitative estimate of drug-likeness (QED) is 0.260. The average molecular weight is 613 g/mol. The zero-order chi connectivity index (χ0) is 31.2. The third-order valence-corrected chi connectivity index (χ3v) is 8.42. The fourth-order valence-electron chi connectivity index (χ4n) is 5.94. The van der Waals surface area contributed by atoms with Crippen molar-refractivity contribution < 1.29 is 18.3 Å². The zero-order valence-corrected chi connectivity index (χ0v) is 24.8. The maximum Gasteiger partial charge on any atom is 0.256 e. The van der Waals surface area contributed by atoms with Crippen molar-refractivity contribution in [3.8, 4) is 17.3 Å². The number of hydrogen-bond acceptors (Lipinski definition) is 8. The molecule has 2 saturated heterocycles. The first-order valence-electron chi connectivity index (χ1n) is 15.2. The molecular weight excluding hydrogens is 578 g/mol. The summed E-state index contributed by atoms with van der Waals surface area (Å²) >= 11 is 0. The van der Waals surface area contributed by atoms with Gasteiger partial charge in [-0.15, -0.1) is 0 Å². The molecule has 2 fully saturated rings. The van der Waals surface area contributed by atoms with Crippen LogP contribution in [0.15, 0.2) is 67.1 Å². The summed E-state index contributed by atoms with van der Waals surface area (Å²) in [5, 5.41) is 17.4. The van der Waals surface area contributed by atoms with Crippen LogP contribution in [-0.4, -0.2) is 69.9 Å². The van der Waals surface area contributed by atoms with Crippen molar-refractivity contribution in [1.82, 2.24) is 24.6 Å². The van der Waals surface area contributed by atoms with Gasteiger partial charge in [-0.05, 0) is 67.6 Å². The molecule has 12 heteroatoms. The summed E-state index contributed by atoms with van der Waals surface area (Å²) in [4.78, 5) is 25.8. The van der Waals surface area contributed by atoms with E-state index in [2.05, 4.69) is 38.5 Å². The Morgan fingerprint density at radius 3 is 2.58 bits per heavy atom. The van der Waals surface area contributed by atoms with Crippen molar-refractivity contribution >= 4 is 23.2 Å². The van der Waals surface area contributed by atoms with Crippen molar-refractivity contribution in [1.29, 1.82) is 5.26 Å². The summed E-state index contributed by atoms with van der Waals surface area (Å²) in [6.07, 6.45) is 7.80. The number of ether oxygens (including phenoxy) is 1. The molecule has 2 aliphatic heterocycles. The van der Waals surface area contributed by atoms with Crippen LogP contribution in [0.2, 0.25) is 0 Å². The standard InChI is InChI=1S/C33H34F2N8O2/c34-25-1-6-29(30(35)20-25)32(44)42-13-9-23(10-14-42)19-28(7-11-36)43-22-24(21-38-43)31-8-12-37-33(40-31)39-26-2-4-27(5-3-26)41-15-17-45-18-16-41/h1-6,8,12,20-23,28H,7,9-10,13-19H2,(H,37,39,40). The first-order valence-corrected chi connectivity index (χ1v) is 15.2. The van der Waals surface area contributed by atoms with Gasteiger partial charge in [-0.3, -0.25) is 9.48 Å². The minimum atomic E-state index is -0.851. The maximum atomic E-state index is 14.2. The molecule has 0 radical (unpaired) electrons. The number of nitrogens with one attached hydrogen (secondary N) is 1. The fourth-order valence-corrected chi connectivity index (χ4v) is 5.94. The van der Waals surface area contributed by atoms with Crippen LogP contribution in [0.4, 0.5) is 26.1 Å². The smallest absolute Gasteiger partial charge is 0.256 e. The third kappa shape index (κ3) is 7.26. The van der Waals surface area contributed by atoms with E-state index in [0.717, 1.165) is 74.6 Å². The summed E-state index contributed by atoms with van der Waals surface area (Å²) in [5.41, 5.74) is 3.43. The lowest BCUT2D eigenvalue weighted by Crippen LogP contribution is -2.39. The van der Waals surface area contributed by atoms with Gasteiger partial charge in [0.25, 0.3) is 5.91 Å². The number of piperidine rings is 1. The monoisotopic (exact) mass is 612 g/mol. The van der Waals surface area contributed by atoms with E-state index in [1.54, 1.807) is 17.3 Å². The Bertz CT molecular complexity index is 1660. The first kappa shape index (κ1) is 30.1. The van der Waals surface area contributed by atoms with E-state index < -0.39 is 17.5 Å². The predicted molar refractivity (Wildman–Crippen MR) is 165 cm³/mol. The van der Waals surface area contributed by atoms with Gasteiger partial charge in [0.1, 0.15) is 11.6 Å². The van der Waals surface area contributed by atoms with Crippen molar-refractivity contribution in [2.24, 2.45) is 5.92 Å². The number of benzene rings is 2. The number of nitriles is 1. The highest BCUT2D eigenvalue weighted by Gasteiger charge is 2.28. The number of nitrogens with zero attached hydrogens (tertiary/aromatic N) is 7. The molecule has 45 heavy (non-hydrogen) atoms. The minimum absolute atomic E-state index is 0.119. The average Bonchev–Trinajstić information content (AvgIpc) is 3.56. The van der Waals surface area contributed by atoms with Crippen molar-refractivity contribution in [2.45, 2.75) is 31.7 Å². The summed E-state index contributed by atoms with van der Waals surface area (Å²) in [5.74, 6) is -1.26. The lowest BCUT2D eigenvalue weighted by atomic mass is 9.89. The van der Waals surface area contributed by atoms with Crippen LogP contribution in [0.25, 0.3) is 11.3 Å². The van der Waals surface area contributed by atoms with Crippen LogP contribution in [0.5, 0.6) is 0 Å². The number of rotatable bonds is 9. The highest BCUT2D eigenvalue weighted by Crippen LogP contribution is 2.31. The van der Waals surface area contributed by atoms with Gasteiger partial charge in [-0.2, -0.15) is 10.4 Å². The SMILES string of the molecule is N#CCC(CC1CCN(C(=O)c2ccc(F)cc2F)CC1)n1cc(-c2ccnc(Nc3ccc(N4CCOCC4)cc3)n2)cn1. The van der Waals surface area contributed by atoms with E-state index in [0.29, 0.717) is 24.7 Å². The van der Waals surface area contributed by atoms with Crippen LogP contribution >= 0.6 is 0 Å². The molecule has 2 aromatic heterocycles. The minimum Gasteiger partial charge on any atom is -0.378 e. The van der Waals surface area contributed by atoms with Crippen LogP contribution in [0.1, 0.15) is 42.1 Å². The van der Waals surface area contributed by atoms with Crippen molar-refractivity contribution in [3.05, 3.63) is 84.3 Å². The molecule has 0 spiro atoms. The van der Waals surface area contributed by atoms with Gasteiger partial charge in [-0.25, -0.2) is 18.7 Å². The van der Waals surface area contributed by atoms with Gasteiger partial charge >= 0.3 is 0 Å². The number of amides is 1. The second-order valence-electron chi connectivity index (χ2n) is 11.4. The molecule has 2 aromatic carbocycles. The molecule has 2 aliphatic rings. The largest absolute Gasteiger partial charge is 0.378 e. The van der Waals surface area contributed by atoms with Gasteiger partial charge in [-0.1, -0.05) is 0 Å². The molecule has 232 valence electrons. The summed E-state index contributed by atoms with van der Waals surface area (Å²) < 4.78 is 34.7. The van der Waals surface area contributed by atoms with Crippen LogP contribution in [0.3, 0.4) is 0 Å². The number of morpholine rings is 1.